The van der Waals surface area contributed by atoms with Crippen LogP contribution >= 0.6 is 0 Å². The van der Waals surface area contributed by atoms with E-state index in [-0.39, 0.29) is 0 Å². The average Bonchev–Trinajstić information content (AvgIpc) is 3.22. The molecule has 25 heavy (non-hydrogen) atoms. The fourth-order valence-electron chi connectivity index (χ4n) is 3.55. The molecule has 1 fully saturated rings. The van der Waals surface area contributed by atoms with Crippen molar-refractivity contribution in [3.63, 3.8) is 0 Å². The van der Waals surface area contributed by atoms with Gasteiger partial charge in [0.15, 0.2) is 5.82 Å². The van der Waals surface area contributed by atoms with Crippen LogP contribution in [0.4, 0.5) is 11.6 Å². The number of rotatable bonds is 4. The number of aromatic nitrogens is 4. The van der Waals surface area contributed by atoms with Crippen molar-refractivity contribution in [2.45, 2.75) is 32.2 Å². The van der Waals surface area contributed by atoms with E-state index in [9.17, 15) is 0 Å². The average molecular weight is 334 g/mol. The third kappa shape index (κ3) is 3.20. The zero-order valence-electron chi connectivity index (χ0n) is 14.3. The van der Waals surface area contributed by atoms with Crippen LogP contribution in [-0.2, 0) is 6.42 Å². The first-order chi connectivity index (χ1) is 12.2. The second-order valence-electron chi connectivity index (χ2n) is 6.54. The molecule has 1 aromatic carbocycles. The standard InChI is InChI=1S/C19H22N6/c1-14-10-17(20)25(23-14)19-12-18(21-13-22-19)24-9-5-8-16(24)11-15-6-3-2-4-7-15/h2-4,6-7,10,12-13,16H,5,8-9,11,20H2,1H3/t16-/m0/s1. The third-order valence-electron chi connectivity index (χ3n) is 4.70. The van der Waals surface area contributed by atoms with E-state index < -0.39 is 0 Å². The lowest BCUT2D eigenvalue weighted by atomic mass is 10.0. The van der Waals surface area contributed by atoms with E-state index >= 15 is 0 Å². The first-order valence-electron chi connectivity index (χ1n) is 8.66. The minimum absolute atomic E-state index is 0.460. The van der Waals surface area contributed by atoms with Gasteiger partial charge in [0.05, 0.1) is 5.69 Å². The van der Waals surface area contributed by atoms with Crippen LogP contribution in [0.5, 0.6) is 0 Å². The summed E-state index contributed by atoms with van der Waals surface area (Å²) in [4.78, 5) is 11.2. The van der Waals surface area contributed by atoms with Crippen LogP contribution in [0.15, 0.2) is 48.8 Å². The van der Waals surface area contributed by atoms with E-state index in [4.69, 9.17) is 5.73 Å². The Morgan fingerprint density at radius 2 is 1.92 bits per heavy atom. The lowest BCUT2D eigenvalue weighted by Gasteiger charge is -2.26. The van der Waals surface area contributed by atoms with E-state index in [0.717, 1.165) is 24.5 Å². The zero-order chi connectivity index (χ0) is 17.2. The Bertz CT molecular complexity index is 857. The quantitative estimate of drug-likeness (QED) is 0.794. The Labute approximate surface area is 147 Å². The summed E-state index contributed by atoms with van der Waals surface area (Å²) in [5.74, 6) is 2.24. The Morgan fingerprint density at radius 3 is 2.68 bits per heavy atom. The second-order valence-corrected chi connectivity index (χ2v) is 6.54. The van der Waals surface area contributed by atoms with Gasteiger partial charge in [0.1, 0.15) is 18.0 Å². The Hall–Kier alpha value is -2.89. The maximum Gasteiger partial charge on any atom is 0.161 e. The molecule has 0 spiro atoms. The molecule has 1 aliphatic heterocycles. The number of nitrogen functional groups attached to an aromatic ring is 1. The lowest BCUT2D eigenvalue weighted by Crippen LogP contribution is -2.31. The predicted octanol–water partition coefficient (Wildman–Crippen LogP) is 2.76. The highest BCUT2D eigenvalue weighted by atomic mass is 15.3. The molecule has 0 saturated carbocycles. The molecule has 0 unspecified atom stereocenters. The number of hydrogen-bond acceptors (Lipinski definition) is 5. The molecule has 128 valence electrons. The molecule has 4 rings (SSSR count). The van der Waals surface area contributed by atoms with Crippen LogP contribution in [0, 0.1) is 6.92 Å². The maximum absolute atomic E-state index is 6.03. The molecule has 1 saturated heterocycles. The third-order valence-corrected chi connectivity index (χ3v) is 4.70. The van der Waals surface area contributed by atoms with Crippen LogP contribution in [0.25, 0.3) is 5.82 Å². The van der Waals surface area contributed by atoms with Crippen molar-refractivity contribution in [2.75, 3.05) is 17.2 Å². The van der Waals surface area contributed by atoms with Gasteiger partial charge < -0.3 is 10.6 Å². The van der Waals surface area contributed by atoms with Crippen LogP contribution in [0.2, 0.25) is 0 Å². The topological polar surface area (TPSA) is 72.9 Å². The van der Waals surface area contributed by atoms with E-state index in [1.165, 1.54) is 18.4 Å². The molecule has 0 radical (unpaired) electrons. The summed E-state index contributed by atoms with van der Waals surface area (Å²) in [5, 5.41) is 4.42. The Morgan fingerprint density at radius 1 is 1.12 bits per heavy atom. The molecule has 1 atom stereocenters. The van der Waals surface area contributed by atoms with Gasteiger partial charge in [0, 0.05) is 24.7 Å². The highest BCUT2D eigenvalue weighted by Crippen LogP contribution is 2.27. The maximum atomic E-state index is 6.03. The van der Waals surface area contributed by atoms with Gasteiger partial charge in [0.25, 0.3) is 0 Å². The smallest absolute Gasteiger partial charge is 0.161 e. The Kier molecular flexibility index (Phi) is 4.09. The molecule has 1 aliphatic rings. The van der Waals surface area contributed by atoms with E-state index in [2.05, 4.69) is 50.3 Å². The minimum Gasteiger partial charge on any atom is -0.384 e. The summed E-state index contributed by atoms with van der Waals surface area (Å²) in [5.41, 5.74) is 8.27. The zero-order valence-corrected chi connectivity index (χ0v) is 14.3. The van der Waals surface area contributed by atoms with Crippen molar-refractivity contribution in [3.05, 3.63) is 60.0 Å². The van der Waals surface area contributed by atoms with Gasteiger partial charge in [-0.15, -0.1) is 0 Å². The highest BCUT2D eigenvalue weighted by molar-refractivity contribution is 5.48. The predicted molar refractivity (Wildman–Crippen MR) is 98.8 cm³/mol. The molecule has 3 aromatic rings. The summed E-state index contributed by atoms with van der Waals surface area (Å²) in [6, 6.07) is 14.9. The van der Waals surface area contributed by atoms with Gasteiger partial charge >= 0.3 is 0 Å². The van der Waals surface area contributed by atoms with Gasteiger partial charge in [-0.2, -0.15) is 9.78 Å². The molecular formula is C19H22N6. The Balaban J connectivity index is 1.60. The molecule has 6 nitrogen and oxygen atoms in total. The normalized spacial score (nSPS) is 17.2. The van der Waals surface area contributed by atoms with Gasteiger partial charge in [-0.25, -0.2) is 9.97 Å². The minimum atomic E-state index is 0.460. The van der Waals surface area contributed by atoms with E-state index in [1.807, 2.05) is 19.1 Å². The fourth-order valence-corrected chi connectivity index (χ4v) is 3.55. The van der Waals surface area contributed by atoms with Crippen LogP contribution in [0.3, 0.4) is 0 Å². The van der Waals surface area contributed by atoms with E-state index in [0.29, 0.717) is 17.7 Å². The number of aryl methyl sites for hydroxylation is 1. The molecule has 0 aliphatic carbocycles. The van der Waals surface area contributed by atoms with Gasteiger partial charge in [0.2, 0.25) is 0 Å². The fraction of sp³-hybridized carbons (Fsp3) is 0.316. The van der Waals surface area contributed by atoms with E-state index in [1.54, 1.807) is 11.0 Å². The molecule has 2 aromatic heterocycles. The first-order valence-corrected chi connectivity index (χ1v) is 8.66. The summed E-state index contributed by atoms with van der Waals surface area (Å²) in [6.45, 7) is 2.94. The van der Waals surface area contributed by atoms with Crippen LogP contribution in [-0.4, -0.2) is 32.3 Å². The number of hydrogen-bond donors (Lipinski definition) is 1. The summed E-state index contributed by atoms with van der Waals surface area (Å²) >= 11 is 0. The second kappa shape index (κ2) is 6.55. The van der Waals surface area contributed by atoms with Crippen molar-refractivity contribution in [2.24, 2.45) is 0 Å². The number of nitrogens with two attached hydrogens (primary N) is 1. The number of nitrogens with zero attached hydrogens (tertiary/aromatic N) is 5. The van der Waals surface area contributed by atoms with Crippen molar-refractivity contribution in [1.29, 1.82) is 0 Å². The highest BCUT2D eigenvalue weighted by Gasteiger charge is 2.26. The number of benzene rings is 1. The molecule has 0 bridgehead atoms. The van der Waals surface area contributed by atoms with Crippen molar-refractivity contribution >= 4 is 11.6 Å². The van der Waals surface area contributed by atoms with Crippen molar-refractivity contribution in [3.8, 4) is 5.82 Å². The molecular weight excluding hydrogens is 312 g/mol. The SMILES string of the molecule is Cc1cc(N)n(-c2cc(N3CCC[C@H]3Cc3ccccc3)ncn2)n1. The van der Waals surface area contributed by atoms with Gasteiger partial charge in [-0.3, -0.25) is 0 Å². The van der Waals surface area contributed by atoms with Crippen molar-refractivity contribution in [1.82, 2.24) is 19.7 Å². The summed E-state index contributed by atoms with van der Waals surface area (Å²) in [6.07, 6.45) is 4.99. The number of anilines is 2. The van der Waals surface area contributed by atoms with Crippen LogP contribution in [0.1, 0.15) is 24.1 Å². The first kappa shape index (κ1) is 15.6. The molecule has 2 N–H and O–H groups in total. The molecule has 3 heterocycles. The van der Waals surface area contributed by atoms with Crippen molar-refractivity contribution < 1.29 is 0 Å². The van der Waals surface area contributed by atoms with Gasteiger partial charge in [-0.1, -0.05) is 30.3 Å². The van der Waals surface area contributed by atoms with Crippen LogP contribution < -0.4 is 10.6 Å². The largest absolute Gasteiger partial charge is 0.384 e. The molecule has 0 amide bonds. The summed E-state index contributed by atoms with van der Waals surface area (Å²) in [7, 11) is 0. The summed E-state index contributed by atoms with van der Waals surface area (Å²) < 4.78 is 1.67. The lowest BCUT2D eigenvalue weighted by molar-refractivity contribution is 0.656. The van der Waals surface area contributed by atoms with Gasteiger partial charge in [-0.05, 0) is 31.7 Å². The monoisotopic (exact) mass is 334 g/mol. The molecule has 6 heteroatoms.